The van der Waals surface area contributed by atoms with E-state index in [2.05, 4.69) is 222 Å². The molecule has 0 aliphatic carbocycles. The third-order valence-electron chi connectivity index (χ3n) is 12.0. The number of aromatic nitrogens is 1. The highest BCUT2D eigenvalue weighted by Crippen LogP contribution is 2.47. The van der Waals surface area contributed by atoms with E-state index >= 15 is 0 Å². The topological polar surface area (TPSA) is 21.3 Å². The van der Waals surface area contributed by atoms with Crippen LogP contribution >= 0.6 is 0 Å². The molecule has 0 aliphatic heterocycles. The van der Waals surface area contributed by atoms with Crippen molar-refractivity contribution in [2.45, 2.75) is 0 Å². The Morgan fingerprint density at radius 1 is 0.356 bits per heavy atom. The molecule has 0 saturated heterocycles. The van der Waals surface area contributed by atoms with E-state index in [-0.39, 0.29) is 0 Å². The molecule has 2 aromatic heterocycles. The van der Waals surface area contributed by atoms with Gasteiger partial charge in [-0.15, -0.1) is 0 Å². The maximum absolute atomic E-state index is 6.83. The van der Waals surface area contributed by atoms with Crippen LogP contribution in [0, 0.1) is 0 Å². The van der Waals surface area contributed by atoms with E-state index in [4.69, 9.17) is 4.42 Å². The molecular formula is C56H36N2O. The molecule has 12 rings (SSSR count). The minimum absolute atomic E-state index is 0.869. The van der Waals surface area contributed by atoms with Crippen LogP contribution in [0.25, 0.3) is 93.2 Å². The molecule has 12 aromatic rings. The fourth-order valence-electron chi connectivity index (χ4n) is 9.31. The fourth-order valence-corrected chi connectivity index (χ4v) is 9.31. The second-order valence-corrected chi connectivity index (χ2v) is 15.3. The average Bonchev–Trinajstić information content (AvgIpc) is 3.85. The van der Waals surface area contributed by atoms with Crippen LogP contribution in [0.5, 0.6) is 0 Å². The number of benzene rings is 10. The lowest BCUT2D eigenvalue weighted by Crippen LogP contribution is -2.11. The molecule has 0 atom stereocenters. The van der Waals surface area contributed by atoms with Crippen molar-refractivity contribution >= 4 is 82.4 Å². The van der Waals surface area contributed by atoms with Crippen molar-refractivity contribution in [3.63, 3.8) is 0 Å². The lowest BCUT2D eigenvalue weighted by molar-refractivity contribution is 0.670. The molecular weight excluding hydrogens is 717 g/mol. The minimum Gasteiger partial charge on any atom is -0.455 e. The van der Waals surface area contributed by atoms with E-state index in [0.717, 1.165) is 55.8 Å². The molecule has 10 aromatic carbocycles. The first kappa shape index (κ1) is 33.3. The molecule has 0 amide bonds. The van der Waals surface area contributed by atoms with E-state index in [1.54, 1.807) is 0 Å². The Morgan fingerprint density at radius 2 is 0.949 bits per heavy atom. The van der Waals surface area contributed by atoms with Crippen LogP contribution in [0.15, 0.2) is 223 Å². The Morgan fingerprint density at radius 3 is 1.71 bits per heavy atom. The molecule has 0 spiro atoms. The molecule has 0 bridgehead atoms. The zero-order chi connectivity index (χ0) is 38.9. The molecule has 276 valence electrons. The maximum Gasteiger partial charge on any atom is 0.145 e. The predicted octanol–water partition coefficient (Wildman–Crippen LogP) is 15.8. The van der Waals surface area contributed by atoms with Crippen molar-refractivity contribution in [1.82, 2.24) is 4.57 Å². The Hall–Kier alpha value is -7.88. The van der Waals surface area contributed by atoms with Gasteiger partial charge in [-0.1, -0.05) is 152 Å². The number of hydrogen-bond donors (Lipinski definition) is 0. The van der Waals surface area contributed by atoms with Crippen molar-refractivity contribution in [1.29, 1.82) is 0 Å². The summed E-state index contributed by atoms with van der Waals surface area (Å²) in [4.78, 5) is 2.36. The van der Waals surface area contributed by atoms with Gasteiger partial charge in [0.05, 0.1) is 16.7 Å². The van der Waals surface area contributed by atoms with Crippen molar-refractivity contribution in [3.8, 4) is 27.9 Å². The molecule has 3 nitrogen and oxygen atoms in total. The summed E-state index contributed by atoms with van der Waals surface area (Å²) in [5, 5.41) is 9.75. The van der Waals surface area contributed by atoms with Crippen LogP contribution in [0.3, 0.4) is 0 Å². The first-order valence-electron chi connectivity index (χ1n) is 20.2. The van der Waals surface area contributed by atoms with Crippen LogP contribution < -0.4 is 4.90 Å². The average molecular weight is 753 g/mol. The van der Waals surface area contributed by atoms with E-state index < -0.39 is 0 Å². The summed E-state index contributed by atoms with van der Waals surface area (Å²) in [6.45, 7) is 0. The lowest BCUT2D eigenvalue weighted by Gasteiger charge is -2.28. The number of para-hydroxylation sites is 4. The third-order valence-corrected chi connectivity index (χ3v) is 12.0. The smallest absolute Gasteiger partial charge is 0.145 e. The first-order valence-corrected chi connectivity index (χ1v) is 20.2. The van der Waals surface area contributed by atoms with E-state index in [9.17, 15) is 0 Å². The molecule has 0 unspecified atom stereocenters. The lowest BCUT2D eigenvalue weighted by atomic mass is 9.94. The van der Waals surface area contributed by atoms with Gasteiger partial charge < -0.3 is 13.9 Å². The number of furan rings is 1. The number of hydrogen-bond acceptors (Lipinski definition) is 2. The van der Waals surface area contributed by atoms with Crippen LogP contribution in [0.4, 0.5) is 17.1 Å². The monoisotopic (exact) mass is 752 g/mol. The molecule has 3 heteroatoms. The Balaban J connectivity index is 1.04. The largest absolute Gasteiger partial charge is 0.455 e. The molecule has 0 saturated carbocycles. The highest BCUT2D eigenvalue weighted by atomic mass is 16.3. The molecule has 0 radical (unpaired) electrons. The van der Waals surface area contributed by atoms with Gasteiger partial charge in [0.1, 0.15) is 11.2 Å². The van der Waals surface area contributed by atoms with Crippen LogP contribution in [0.1, 0.15) is 0 Å². The molecule has 2 heterocycles. The van der Waals surface area contributed by atoms with Gasteiger partial charge in [-0.3, -0.25) is 0 Å². The standard InChI is InChI=1S/C56H36N2O/c1-2-14-40(15-3-1)57(41-30-25-38(26-31-41)44-20-12-21-45-43-16-5-4-13-37(43)29-34-46(44)45)53-36-35-50-49-19-8-11-24-54(49)59-56(50)55(53)39-27-32-42(33-28-39)58-51-22-9-6-17-47(51)48-18-7-10-23-52(48)58/h1-36H. The minimum atomic E-state index is 0.869. The van der Waals surface area contributed by atoms with Crippen LogP contribution in [-0.4, -0.2) is 4.57 Å². The van der Waals surface area contributed by atoms with Crippen molar-refractivity contribution < 1.29 is 4.42 Å². The summed E-state index contributed by atoms with van der Waals surface area (Å²) in [7, 11) is 0. The summed E-state index contributed by atoms with van der Waals surface area (Å²) in [5.74, 6) is 0. The normalized spacial score (nSPS) is 11.7. The Bertz CT molecular complexity index is 3490. The van der Waals surface area contributed by atoms with Gasteiger partial charge in [0.25, 0.3) is 0 Å². The zero-order valence-corrected chi connectivity index (χ0v) is 32.1. The Labute approximate surface area is 341 Å². The van der Waals surface area contributed by atoms with E-state index in [1.165, 1.54) is 54.5 Å². The molecule has 0 aliphatic rings. The maximum atomic E-state index is 6.83. The van der Waals surface area contributed by atoms with Crippen molar-refractivity contribution in [3.05, 3.63) is 218 Å². The van der Waals surface area contributed by atoms with Crippen molar-refractivity contribution in [2.24, 2.45) is 0 Å². The van der Waals surface area contributed by atoms with E-state index in [1.807, 2.05) is 6.07 Å². The van der Waals surface area contributed by atoms with Gasteiger partial charge in [-0.2, -0.15) is 0 Å². The first-order chi connectivity index (χ1) is 29.3. The third kappa shape index (κ3) is 5.29. The molecule has 59 heavy (non-hydrogen) atoms. The van der Waals surface area contributed by atoms with Gasteiger partial charge in [-0.05, 0) is 105 Å². The number of rotatable bonds is 6. The number of nitrogens with zero attached hydrogens (tertiary/aromatic N) is 2. The van der Waals surface area contributed by atoms with Gasteiger partial charge in [0.2, 0.25) is 0 Å². The second-order valence-electron chi connectivity index (χ2n) is 15.3. The summed E-state index contributed by atoms with van der Waals surface area (Å²) in [5.41, 5.74) is 12.9. The zero-order valence-electron chi connectivity index (χ0n) is 32.1. The highest BCUT2D eigenvalue weighted by Gasteiger charge is 2.23. The SMILES string of the molecule is c1ccc(N(c2ccc(-c3cccc4c3ccc3ccccc34)cc2)c2ccc3c(oc4ccccc43)c2-c2ccc(-n3c4ccccc4c4ccccc43)cc2)cc1. The van der Waals surface area contributed by atoms with Crippen LogP contribution in [0.2, 0.25) is 0 Å². The molecule has 0 fully saturated rings. The number of fused-ring (bicyclic) bond motifs is 9. The van der Waals surface area contributed by atoms with Gasteiger partial charge in [0.15, 0.2) is 0 Å². The Kier molecular flexibility index (Phi) is 7.54. The summed E-state index contributed by atoms with van der Waals surface area (Å²) < 4.78 is 9.20. The van der Waals surface area contributed by atoms with Crippen molar-refractivity contribution in [2.75, 3.05) is 4.90 Å². The van der Waals surface area contributed by atoms with Gasteiger partial charge in [-0.25, -0.2) is 0 Å². The van der Waals surface area contributed by atoms with E-state index in [0.29, 0.717) is 0 Å². The predicted molar refractivity (Wildman–Crippen MR) is 249 cm³/mol. The summed E-state index contributed by atoms with van der Waals surface area (Å²) >= 11 is 0. The summed E-state index contributed by atoms with van der Waals surface area (Å²) in [6.07, 6.45) is 0. The number of anilines is 3. The molecule has 0 N–H and O–H groups in total. The fraction of sp³-hybridized carbons (Fsp3) is 0. The van der Waals surface area contributed by atoms with Crippen LogP contribution in [-0.2, 0) is 0 Å². The van der Waals surface area contributed by atoms with Gasteiger partial charge >= 0.3 is 0 Å². The quantitative estimate of drug-likeness (QED) is 0.158. The highest BCUT2D eigenvalue weighted by molar-refractivity contribution is 6.14. The summed E-state index contributed by atoms with van der Waals surface area (Å²) in [6, 6.07) is 78.6. The second kappa shape index (κ2) is 13.4. The van der Waals surface area contributed by atoms with Gasteiger partial charge in [0, 0.05) is 44.2 Å².